The van der Waals surface area contributed by atoms with Gasteiger partial charge in [0, 0.05) is 6.54 Å². The number of fused-ring (bicyclic) bond motifs is 1. The smallest absolute Gasteiger partial charge is 0.266 e. The van der Waals surface area contributed by atoms with Gasteiger partial charge in [-0.3, -0.25) is 14.2 Å². The molecule has 0 radical (unpaired) electrons. The van der Waals surface area contributed by atoms with Gasteiger partial charge in [0.2, 0.25) is 5.91 Å². The van der Waals surface area contributed by atoms with Gasteiger partial charge in [-0.15, -0.1) is 0 Å². The van der Waals surface area contributed by atoms with Crippen molar-refractivity contribution in [2.45, 2.75) is 31.5 Å². The van der Waals surface area contributed by atoms with Crippen molar-refractivity contribution >= 4 is 28.6 Å². The van der Waals surface area contributed by atoms with Gasteiger partial charge in [0.25, 0.3) is 5.56 Å². The number of hydrogen-bond acceptors (Lipinski definition) is 6. The zero-order chi connectivity index (χ0) is 25.7. The molecule has 0 saturated carbocycles. The molecule has 0 bridgehead atoms. The molecule has 1 heterocycles. The van der Waals surface area contributed by atoms with E-state index in [-0.39, 0.29) is 17.2 Å². The molecule has 4 aromatic rings. The lowest BCUT2D eigenvalue weighted by molar-refractivity contribution is -0.118. The number of aromatic nitrogens is 2. The van der Waals surface area contributed by atoms with Gasteiger partial charge >= 0.3 is 0 Å². The van der Waals surface area contributed by atoms with E-state index < -0.39 is 0 Å². The second-order valence-corrected chi connectivity index (χ2v) is 9.50. The van der Waals surface area contributed by atoms with Gasteiger partial charge in [0.1, 0.15) is 0 Å². The molecule has 3 aromatic carbocycles. The van der Waals surface area contributed by atoms with E-state index >= 15 is 0 Å². The highest BCUT2D eigenvalue weighted by Gasteiger charge is 2.15. The molecule has 1 N–H and O–H groups in total. The predicted molar refractivity (Wildman–Crippen MR) is 144 cm³/mol. The van der Waals surface area contributed by atoms with Crippen LogP contribution in [-0.4, -0.2) is 35.4 Å². The topological polar surface area (TPSA) is 82.5 Å². The average molecular weight is 504 g/mol. The number of thioether (sulfide) groups is 1. The number of amides is 1. The van der Waals surface area contributed by atoms with Crippen LogP contribution in [-0.2, 0) is 11.3 Å². The minimum atomic E-state index is -0.168. The molecule has 4 rings (SSSR count). The number of carbonyl (C=O) groups is 1. The first-order valence-electron chi connectivity index (χ1n) is 11.6. The van der Waals surface area contributed by atoms with Crippen LogP contribution in [0.1, 0.15) is 30.9 Å². The minimum Gasteiger partial charge on any atom is -0.493 e. The Labute approximate surface area is 214 Å². The van der Waals surface area contributed by atoms with Gasteiger partial charge in [0.05, 0.1) is 36.6 Å². The van der Waals surface area contributed by atoms with Crippen LogP contribution in [0.4, 0.5) is 0 Å². The maximum absolute atomic E-state index is 13.4. The summed E-state index contributed by atoms with van der Waals surface area (Å²) in [7, 11) is 3.15. The Hall–Kier alpha value is -3.78. The summed E-state index contributed by atoms with van der Waals surface area (Å²) < 4.78 is 12.2. The number of benzene rings is 3. The van der Waals surface area contributed by atoms with Crippen molar-refractivity contribution in [1.29, 1.82) is 0 Å². The van der Waals surface area contributed by atoms with Gasteiger partial charge in [-0.1, -0.05) is 55.9 Å². The Bertz CT molecular complexity index is 1430. The summed E-state index contributed by atoms with van der Waals surface area (Å²) in [6.45, 7) is 4.59. The summed E-state index contributed by atoms with van der Waals surface area (Å²) >= 11 is 1.23. The van der Waals surface area contributed by atoms with Crippen LogP contribution in [0.3, 0.4) is 0 Å². The zero-order valence-electron chi connectivity index (χ0n) is 20.8. The standard InChI is InChI=1S/C28H29N3O4S/c1-18(2)20-10-12-21(13-11-20)31-27(33)22-7-5-6-8-23(22)30-28(31)36-17-26(32)29-16-19-9-14-24(34-3)25(15-19)35-4/h5-15,18H,16-17H2,1-4H3,(H,29,32). The fourth-order valence-electron chi connectivity index (χ4n) is 3.82. The lowest BCUT2D eigenvalue weighted by Gasteiger charge is -2.14. The number of nitrogens with zero attached hydrogens (tertiary/aromatic N) is 2. The monoisotopic (exact) mass is 503 g/mol. The molecule has 8 heteroatoms. The van der Waals surface area contributed by atoms with Gasteiger partial charge in [-0.25, -0.2) is 4.98 Å². The molecule has 1 aromatic heterocycles. The Morgan fingerprint density at radius 3 is 2.42 bits per heavy atom. The van der Waals surface area contributed by atoms with E-state index in [1.54, 1.807) is 30.9 Å². The highest BCUT2D eigenvalue weighted by molar-refractivity contribution is 7.99. The van der Waals surface area contributed by atoms with E-state index in [1.165, 1.54) is 17.3 Å². The van der Waals surface area contributed by atoms with Crippen LogP contribution in [0.15, 0.2) is 76.7 Å². The molecule has 186 valence electrons. The molecule has 0 aliphatic carbocycles. The second kappa shape index (κ2) is 11.3. The van der Waals surface area contributed by atoms with Crippen LogP contribution >= 0.6 is 11.8 Å². The molecular formula is C28H29N3O4S. The molecule has 0 spiro atoms. The summed E-state index contributed by atoms with van der Waals surface area (Å²) in [4.78, 5) is 30.8. The third kappa shape index (κ3) is 5.54. The van der Waals surface area contributed by atoms with Crippen molar-refractivity contribution in [3.05, 3.63) is 88.2 Å². The fourth-order valence-corrected chi connectivity index (χ4v) is 4.66. The summed E-state index contributed by atoms with van der Waals surface area (Å²) in [5.74, 6) is 1.56. The highest BCUT2D eigenvalue weighted by Crippen LogP contribution is 2.27. The van der Waals surface area contributed by atoms with E-state index in [9.17, 15) is 9.59 Å². The van der Waals surface area contributed by atoms with Gasteiger partial charge in [-0.05, 0) is 53.4 Å². The number of ether oxygens (including phenoxy) is 2. The number of nitrogens with one attached hydrogen (secondary N) is 1. The molecule has 0 atom stereocenters. The molecule has 0 saturated heterocycles. The van der Waals surface area contributed by atoms with E-state index in [0.29, 0.717) is 40.0 Å². The molecule has 36 heavy (non-hydrogen) atoms. The van der Waals surface area contributed by atoms with Crippen LogP contribution in [0, 0.1) is 0 Å². The normalized spacial score (nSPS) is 11.0. The number of hydrogen-bond donors (Lipinski definition) is 1. The number of para-hydroxylation sites is 1. The highest BCUT2D eigenvalue weighted by atomic mass is 32.2. The fraction of sp³-hybridized carbons (Fsp3) is 0.250. The largest absolute Gasteiger partial charge is 0.493 e. The maximum atomic E-state index is 13.4. The lowest BCUT2D eigenvalue weighted by atomic mass is 10.0. The number of rotatable bonds is 9. The van der Waals surface area contributed by atoms with Gasteiger partial charge in [0.15, 0.2) is 16.7 Å². The van der Waals surface area contributed by atoms with Crippen molar-refractivity contribution in [2.24, 2.45) is 0 Å². The third-order valence-electron chi connectivity index (χ3n) is 5.83. The Morgan fingerprint density at radius 2 is 1.72 bits per heavy atom. The summed E-state index contributed by atoms with van der Waals surface area (Å²) in [6, 6.07) is 20.6. The molecule has 0 aliphatic rings. The lowest BCUT2D eigenvalue weighted by Crippen LogP contribution is -2.26. The maximum Gasteiger partial charge on any atom is 0.266 e. The van der Waals surface area contributed by atoms with E-state index in [4.69, 9.17) is 14.5 Å². The second-order valence-electron chi connectivity index (χ2n) is 8.55. The zero-order valence-corrected chi connectivity index (χ0v) is 21.6. The van der Waals surface area contributed by atoms with Gasteiger partial charge < -0.3 is 14.8 Å². The molecule has 0 fully saturated rings. The van der Waals surface area contributed by atoms with E-state index in [1.807, 2.05) is 54.6 Å². The van der Waals surface area contributed by atoms with Gasteiger partial charge in [-0.2, -0.15) is 0 Å². The van der Waals surface area contributed by atoms with Crippen LogP contribution in [0.2, 0.25) is 0 Å². The van der Waals surface area contributed by atoms with Crippen LogP contribution < -0.4 is 20.3 Å². The summed E-state index contributed by atoms with van der Waals surface area (Å²) in [6.07, 6.45) is 0. The summed E-state index contributed by atoms with van der Waals surface area (Å²) in [5, 5.41) is 3.92. The first-order valence-corrected chi connectivity index (χ1v) is 12.6. The van der Waals surface area contributed by atoms with Crippen molar-refractivity contribution in [3.8, 4) is 17.2 Å². The number of methoxy groups -OCH3 is 2. The van der Waals surface area contributed by atoms with Crippen molar-refractivity contribution in [2.75, 3.05) is 20.0 Å². The first kappa shape index (κ1) is 25.3. The SMILES string of the molecule is COc1ccc(CNC(=O)CSc2nc3ccccc3c(=O)n2-c2ccc(C(C)C)cc2)cc1OC. The van der Waals surface area contributed by atoms with Crippen molar-refractivity contribution in [1.82, 2.24) is 14.9 Å². The quantitative estimate of drug-likeness (QED) is 0.258. The van der Waals surface area contributed by atoms with Crippen molar-refractivity contribution in [3.63, 3.8) is 0 Å². The Kier molecular flexibility index (Phi) is 7.95. The van der Waals surface area contributed by atoms with E-state index in [2.05, 4.69) is 19.2 Å². The average Bonchev–Trinajstić information content (AvgIpc) is 2.90. The van der Waals surface area contributed by atoms with Crippen LogP contribution in [0.25, 0.3) is 16.6 Å². The van der Waals surface area contributed by atoms with E-state index in [0.717, 1.165) is 11.3 Å². The molecular weight excluding hydrogens is 474 g/mol. The van der Waals surface area contributed by atoms with Crippen LogP contribution in [0.5, 0.6) is 11.5 Å². The Morgan fingerprint density at radius 1 is 1.00 bits per heavy atom. The van der Waals surface area contributed by atoms with Crippen molar-refractivity contribution < 1.29 is 14.3 Å². The number of carbonyl (C=O) groups excluding carboxylic acids is 1. The Balaban J connectivity index is 1.55. The predicted octanol–water partition coefficient (Wildman–Crippen LogP) is 4.93. The third-order valence-corrected chi connectivity index (χ3v) is 6.77. The molecule has 0 unspecified atom stereocenters. The molecule has 0 aliphatic heterocycles. The first-order chi connectivity index (χ1) is 17.4. The summed E-state index contributed by atoms with van der Waals surface area (Å²) in [5.41, 5.74) is 3.23. The molecule has 1 amide bonds. The minimum absolute atomic E-state index is 0.113. The molecule has 7 nitrogen and oxygen atoms in total.